The highest BCUT2D eigenvalue weighted by atomic mass is 79.9. The molecule has 156 valence electrons. The number of halogens is 2. The number of para-hydroxylation sites is 1. The monoisotopic (exact) mass is 508 g/mol. The molecule has 3 aromatic rings. The molecule has 1 amide bonds. The second kappa shape index (κ2) is 9.51. The number of amides is 1. The number of rotatable bonds is 7. The van der Waals surface area contributed by atoms with E-state index in [1.165, 1.54) is 13.2 Å². The highest BCUT2D eigenvalue weighted by Crippen LogP contribution is 2.32. The van der Waals surface area contributed by atoms with Crippen molar-refractivity contribution in [3.63, 3.8) is 0 Å². The Morgan fingerprint density at radius 2 is 1.80 bits per heavy atom. The highest BCUT2D eigenvalue weighted by Gasteiger charge is 2.30. The smallest absolute Gasteiger partial charge is 0.268 e. The summed E-state index contributed by atoms with van der Waals surface area (Å²) >= 11 is 9.25. The predicted molar refractivity (Wildman–Crippen MR) is 122 cm³/mol. The van der Waals surface area contributed by atoms with Gasteiger partial charge in [0.05, 0.1) is 12.8 Å². The second-order valence-corrected chi connectivity index (χ2v) is 9.38. The van der Waals surface area contributed by atoms with Gasteiger partial charge in [0, 0.05) is 15.2 Å². The summed E-state index contributed by atoms with van der Waals surface area (Å²) in [7, 11) is -2.73. The Balaban J connectivity index is 1.99. The van der Waals surface area contributed by atoms with Crippen LogP contribution in [0, 0.1) is 0 Å². The van der Waals surface area contributed by atoms with Gasteiger partial charge < -0.3 is 10.1 Å². The molecule has 1 N–H and O–H groups in total. The molecule has 0 aliphatic carbocycles. The summed E-state index contributed by atoms with van der Waals surface area (Å²) in [5.74, 6) is -0.340. The molecule has 0 spiro atoms. The van der Waals surface area contributed by atoms with Crippen LogP contribution in [0.2, 0.25) is 5.02 Å². The Morgan fingerprint density at radius 3 is 2.47 bits per heavy atom. The molecule has 6 nitrogen and oxygen atoms in total. The molecule has 3 aromatic carbocycles. The summed E-state index contributed by atoms with van der Waals surface area (Å²) in [6.45, 7) is -0.436. The Bertz CT molecular complexity index is 1160. The van der Waals surface area contributed by atoms with Gasteiger partial charge in [-0.05, 0) is 48.5 Å². The largest absolute Gasteiger partial charge is 0.495 e. The van der Waals surface area contributed by atoms with Crippen LogP contribution in [-0.2, 0) is 14.8 Å². The summed E-state index contributed by atoms with van der Waals surface area (Å²) in [4.78, 5) is 12.6. The van der Waals surface area contributed by atoms with Crippen LogP contribution in [-0.4, -0.2) is 28.0 Å². The Morgan fingerprint density at radius 1 is 1.07 bits per heavy atom. The number of ether oxygens (including phenoxy) is 1. The first kappa shape index (κ1) is 22.1. The number of hydrogen-bond acceptors (Lipinski definition) is 4. The summed E-state index contributed by atoms with van der Waals surface area (Å²) in [5.41, 5.74) is 0.818. The summed E-state index contributed by atoms with van der Waals surface area (Å²) in [5, 5.41) is 3.13. The molecule has 0 radical (unpaired) electrons. The lowest BCUT2D eigenvalue weighted by Gasteiger charge is -2.25. The average Bonchev–Trinajstić information content (AvgIpc) is 2.72. The van der Waals surface area contributed by atoms with Crippen molar-refractivity contribution in [2.75, 3.05) is 23.3 Å². The van der Waals surface area contributed by atoms with Crippen LogP contribution in [0.3, 0.4) is 0 Å². The van der Waals surface area contributed by atoms with E-state index in [9.17, 15) is 13.2 Å². The SMILES string of the molecule is COc1ccc(Br)cc1S(=O)(=O)N(CC(=O)Nc1cccc(Cl)c1)c1ccccc1. The van der Waals surface area contributed by atoms with Crippen molar-refractivity contribution < 1.29 is 17.9 Å². The van der Waals surface area contributed by atoms with Crippen molar-refractivity contribution >= 4 is 54.8 Å². The van der Waals surface area contributed by atoms with E-state index in [1.807, 2.05) is 0 Å². The molecular formula is C21H18BrClN2O4S. The molecule has 0 aromatic heterocycles. The maximum Gasteiger partial charge on any atom is 0.268 e. The third-order valence-electron chi connectivity index (χ3n) is 4.13. The van der Waals surface area contributed by atoms with Gasteiger partial charge in [0.15, 0.2) is 0 Å². The van der Waals surface area contributed by atoms with Crippen LogP contribution in [0.5, 0.6) is 5.75 Å². The van der Waals surface area contributed by atoms with Crippen LogP contribution in [0.25, 0.3) is 0 Å². The molecule has 0 fully saturated rings. The molecule has 30 heavy (non-hydrogen) atoms. The molecule has 0 heterocycles. The number of carbonyl (C=O) groups excluding carboxylic acids is 1. The van der Waals surface area contributed by atoms with Gasteiger partial charge in [-0.15, -0.1) is 0 Å². The Labute approximate surface area is 188 Å². The molecule has 0 aliphatic heterocycles. The quantitative estimate of drug-likeness (QED) is 0.489. The summed E-state index contributed by atoms with van der Waals surface area (Å²) in [6.07, 6.45) is 0. The number of hydrogen-bond donors (Lipinski definition) is 1. The van der Waals surface area contributed by atoms with Gasteiger partial charge in [-0.3, -0.25) is 9.10 Å². The van der Waals surface area contributed by atoms with E-state index in [2.05, 4.69) is 21.2 Å². The number of nitrogens with zero attached hydrogens (tertiary/aromatic N) is 1. The van der Waals surface area contributed by atoms with Gasteiger partial charge in [0.25, 0.3) is 10.0 Å². The molecule has 0 unspecified atom stereocenters. The molecule has 0 atom stereocenters. The van der Waals surface area contributed by atoms with Crippen LogP contribution in [0.4, 0.5) is 11.4 Å². The summed E-state index contributed by atoms with van der Waals surface area (Å²) in [6, 6.07) is 19.7. The molecule has 0 saturated carbocycles. The summed E-state index contributed by atoms with van der Waals surface area (Å²) < 4.78 is 33.9. The number of methoxy groups -OCH3 is 1. The van der Waals surface area contributed by atoms with E-state index in [1.54, 1.807) is 66.7 Å². The van der Waals surface area contributed by atoms with Gasteiger partial charge in [-0.1, -0.05) is 51.8 Å². The average molecular weight is 510 g/mol. The van der Waals surface area contributed by atoms with Gasteiger partial charge in [-0.25, -0.2) is 8.42 Å². The number of benzene rings is 3. The highest BCUT2D eigenvalue weighted by molar-refractivity contribution is 9.10. The molecule has 0 aliphatic rings. The van der Waals surface area contributed by atoms with E-state index in [-0.39, 0.29) is 10.6 Å². The number of carbonyl (C=O) groups is 1. The van der Waals surface area contributed by atoms with Crippen molar-refractivity contribution in [2.45, 2.75) is 4.90 Å². The number of anilines is 2. The van der Waals surface area contributed by atoms with E-state index >= 15 is 0 Å². The molecule has 0 saturated heterocycles. The minimum absolute atomic E-state index is 0.0567. The topological polar surface area (TPSA) is 75.7 Å². The van der Waals surface area contributed by atoms with E-state index in [0.717, 1.165) is 4.31 Å². The Hall–Kier alpha value is -2.55. The minimum atomic E-state index is -4.12. The minimum Gasteiger partial charge on any atom is -0.495 e. The van der Waals surface area contributed by atoms with Crippen LogP contribution in [0.1, 0.15) is 0 Å². The number of sulfonamides is 1. The standard InChI is InChI=1S/C21H18BrClN2O4S/c1-29-19-11-10-15(22)12-20(19)30(27,28)25(18-8-3-2-4-9-18)14-21(26)24-17-7-5-6-16(23)13-17/h2-13H,14H2,1H3,(H,24,26). The maximum atomic E-state index is 13.5. The fourth-order valence-corrected chi connectivity index (χ4v) is 5.09. The third-order valence-corrected chi connectivity index (χ3v) is 6.66. The molecule has 3 rings (SSSR count). The Kier molecular flexibility index (Phi) is 7.02. The lowest BCUT2D eigenvalue weighted by atomic mass is 10.3. The van der Waals surface area contributed by atoms with Gasteiger partial charge >= 0.3 is 0 Å². The van der Waals surface area contributed by atoms with Crippen molar-refractivity contribution in [2.24, 2.45) is 0 Å². The van der Waals surface area contributed by atoms with Crippen LogP contribution in [0.15, 0.2) is 82.2 Å². The number of nitrogens with one attached hydrogen (secondary N) is 1. The zero-order valence-corrected chi connectivity index (χ0v) is 19.0. The second-order valence-electron chi connectivity index (χ2n) is 6.20. The van der Waals surface area contributed by atoms with Gasteiger partial charge in [-0.2, -0.15) is 0 Å². The zero-order valence-electron chi connectivity index (χ0n) is 15.9. The first-order chi connectivity index (χ1) is 14.3. The molecular weight excluding hydrogens is 492 g/mol. The van der Waals surface area contributed by atoms with Gasteiger partial charge in [0.1, 0.15) is 17.2 Å². The first-order valence-electron chi connectivity index (χ1n) is 8.78. The fourth-order valence-electron chi connectivity index (χ4n) is 2.78. The lowest BCUT2D eigenvalue weighted by molar-refractivity contribution is -0.114. The predicted octanol–water partition coefficient (Wildman–Crippen LogP) is 4.95. The molecule has 9 heteroatoms. The van der Waals surface area contributed by atoms with Crippen molar-refractivity contribution in [1.29, 1.82) is 0 Å². The van der Waals surface area contributed by atoms with Crippen molar-refractivity contribution in [1.82, 2.24) is 0 Å². The van der Waals surface area contributed by atoms with Crippen LogP contribution < -0.4 is 14.4 Å². The normalized spacial score (nSPS) is 11.0. The van der Waals surface area contributed by atoms with Gasteiger partial charge in [0.2, 0.25) is 5.91 Å². The van der Waals surface area contributed by atoms with E-state index in [4.69, 9.17) is 16.3 Å². The zero-order chi connectivity index (χ0) is 21.7. The fraction of sp³-hybridized carbons (Fsp3) is 0.0952. The third kappa shape index (κ3) is 5.13. The first-order valence-corrected chi connectivity index (χ1v) is 11.4. The maximum absolute atomic E-state index is 13.5. The van der Waals surface area contributed by atoms with Crippen LogP contribution >= 0.6 is 27.5 Å². The van der Waals surface area contributed by atoms with E-state index in [0.29, 0.717) is 20.9 Å². The lowest BCUT2D eigenvalue weighted by Crippen LogP contribution is -2.38. The van der Waals surface area contributed by atoms with Crippen molar-refractivity contribution in [3.05, 3.63) is 82.3 Å². The van der Waals surface area contributed by atoms with Crippen molar-refractivity contribution in [3.8, 4) is 5.75 Å². The molecule has 0 bridgehead atoms. The van der Waals surface area contributed by atoms with E-state index < -0.39 is 22.5 Å².